The molecule has 97 heavy (non-hydrogen) atoms. The number of ether oxygens (including phenoxy) is 1. The Kier molecular flexibility index (Phi) is 35.4. The summed E-state index contributed by atoms with van der Waals surface area (Å²) < 4.78 is 5.89. The highest BCUT2D eigenvalue weighted by atomic mass is 16.5. The number of nitrogens with zero attached hydrogens (tertiary/aromatic N) is 7. The van der Waals surface area contributed by atoms with Crippen LogP contribution in [0.5, 0.6) is 0 Å². The zero-order valence-corrected chi connectivity index (χ0v) is 63.0. The average Bonchev–Trinajstić information content (AvgIpc) is 0.857. The number of nitrogens with one attached hydrogen (secondary N) is 6. The van der Waals surface area contributed by atoms with Gasteiger partial charge in [0, 0.05) is 55.3 Å². The van der Waals surface area contributed by atoms with Crippen LogP contribution in [0.1, 0.15) is 169 Å². The Morgan fingerprint density at radius 1 is 0.536 bits per heavy atom. The van der Waals surface area contributed by atoms with Crippen molar-refractivity contribution in [3.8, 4) is 0 Å². The van der Waals surface area contributed by atoms with E-state index in [2.05, 4.69) is 31.9 Å². The molecule has 13 atom stereocenters. The summed E-state index contributed by atoms with van der Waals surface area (Å²) in [6.45, 7) is 29.0. The Labute approximate surface area is 578 Å². The Bertz CT molecular complexity index is 2730. The molecule has 2 rings (SSSR count). The molecule has 0 saturated carbocycles. The minimum absolute atomic E-state index is 0.0197. The maximum absolute atomic E-state index is 15.7. The molecule has 0 aromatic heterocycles. The van der Waals surface area contributed by atoms with Crippen molar-refractivity contribution < 1.29 is 67.1 Å². The Hall–Kier alpha value is -7.19. The van der Waals surface area contributed by atoms with Gasteiger partial charge in [-0.3, -0.25) is 62.3 Å². The summed E-state index contributed by atoms with van der Waals surface area (Å²) >= 11 is 0. The molecule has 552 valence electrons. The minimum Gasteiger partial charge on any atom is -0.464 e. The Balaban J connectivity index is 3.07. The highest BCUT2D eigenvalue weighted by Crippen LogP contribution is 2.29. The van der Waals surface area contributed by atoms with E-state index in [4.69, 9.17) is 4.74 Å². The zero-order valence-electron chi connectivity index (χ0n) is 63.0. The third-order valence-corrected chi connectivity index (χ3v) is 18.5. The van der Waals surface area contributed by atoms with Crippen LogP contribution in [0.3, 0.4) is 0 Å². The number of likely N-dealkylation sites (N-methyl/N-ethyl adjacent to an activating group) is 7. The first-order chi connectivity index (χ1) is 45.1. The van der Waals surface area contributed by atoms with Gasteiger partial charge in [0.15, 0.2) is 0 Å². The average molecular weight is 1370 g/mol. The van der Waals surface area contributed by atoms with Crippen molar-refractivity contribution in [3.05, 3.63) is 12.2 Å². The first kappa shape index (κ1) is 85.9. The lowest BCUT2D eigenvalue weighted by molar-refractivity contribution is -0.158. The minimum atomic E-state index is -1.54. The van der Waals surface area contributed by atoms with E-state index < -0.39 is 181 Å². The molecule has 6 N–H and O–H groups in total. The summed E-state index contributed by atoms with van der Waals surface area (Å²) in [5.74, 6) is -12.2. The number of carbonyl (C=O) groups excluding carboxylic acids is 13. The molecular formula is C70H123N13O14. The van der Waals surface area contributed by atoms with Crippen molar-refractivity contribution in [2.24, 2.45) is 47.3 Å². The first-order valence-corrected chi connectivity index (χ1v) is 34.9. The first-order valence-electron chi connectivity index (χ1n) is 34.9. The van der Waals surface area contributed by atoms with Crippen LogP contribution in [0.2, 0.25) is 0 Å². The quantitative estimate of drug-likeness (QED) is 0.0754. The van der Waals surface area contributed by atoms with Crippen LogP contribution in [0.15, 0.2) is 12.2 Å². The number of esters is 1. The van der Waals surface area contributed by atoms with Crippen LogP contribution < -0.4 is 31.9 Å². The predicted molar refractivity (Wildman–Crippen MR) is 371 cm³/mol. The van der Waals surface area contributed by atoms with Crippen molar-refractivity contribution >= 4 is 76.9 Å². The fourth-order valence-electron chi connectivity index (χ4n) is 12.5. The molecule has 2 aliphatic heterocycles. The fraction of sp³-hybridized carbons (Fsp3) is 0.786. The van der Waals surface area contributed by atoms with Crippen LogP contribution in [0.4, 0.5) is 0 Å². The second-order valence-corrected chi connectivity index (χ2v) is 29.3. The monoisotopic (exact) mass is 1370 g/mol. The summed E-state index contributed by atoms with van der Waals surface area (Å²) in [5, 5.41) is 16.8. The van der Waals surface area contributed by atoms with E-state index in [1.54, 1.807) is 47.6 Å². The molecule has 0 aromatic rings. The highest BCUT2D eigenvalue weighted by molar-refractivity contribution is 5.99. The molecule has 2 heterocycles. The molecule has 2 fully saturated rings. The molecule has 2 aliphatic rings. The van der Waals surface area contributed by atoms with E-state index in [-0.39, 0.29) is 61.7 Å². The van der Waals surface area contributed by atoms with Gasteiger partial charge in [0.2, 0.25) is 70.9 Å². The second-order valence-electron chi connectivity index (χ2n) is 29.3. The van der Waals surface area contributed by atoms with Crippen molar-refractivity contribution in [1.82, 2.24) is 66.2 Å². The van der Waals surface area contributed by atoms with E-state index >= 15 is 19.2 Å². The summed E-state index contributed by atoms with van der Waals surface area (Å²) in [7, 11) is 9.92. The van der Waals surface area contributed by atoms with Gasteiger partial charge in [-0.05, 0) is 120 Å². The van der Waals surface area contributed by atoms with Crippen molar-refractivity contribution in [2.75, 3.05) is 75.6 Å². The lowest BCUT2D eigenvalue weighted by Gasteiger charge is -2.42. The number of hydrogen-bond donors (Lipinski definition) is 6. The van der Waals surface area contributed by atoms with Gasteiger partial charge in [-0.15, -0.1) is 0 Å². The summed E-state index contributed by atoms with van der Waals surface area (Å²) in [4.78, 5) is 198. The van der Waals surface area contributed by atoms with Crippen LogP contribution in [0, 0.1) is 47.3 Å². The summed E-state index contributed by atoms with van der Waals surface area (Å²) in [6.07, 6.45) is 5.83. The van der Waals surface area contributed by atoms with Gasteiger partial charge in [0.25, 0.3) is 0 Å². The van der Waals surface area contributed by atoms with E-state index in [1.165, 1.54) is 92.6 Å². The molecule has 0 spiro atoms. The SMILES string of the molecule is C/C=C/C[C@@H](C)[C@@H](COC(=O)CNC(=O)C1CCCN1)[C@H]1C(=O)N[C@@H](CC)C(=O)N(C)CC(=O)N(C)[C@@H](CC(C)C)C(=O)N[C@@H](C(C)C)C(=O)N(C)[C@@H](CC(C)C)C(=O)N[C@@H](C)C(=O)N[C@H](C)C(=O)N(C)[C@@H](CC(C)C)C(=O)N(C)[C@@H](CC(C)C)C(=O)N(C)[C@@H](C(C)C)C(=O)N1C. The number of carbonyl (C=O) groups is 13. The molecule has 12 amide bonds. The molecule has 1 unspecified atom stereocenters. The molecule has 0 radical (unpaired) electrons. The van der Waals surface area contributed by atoms with Gasteiger partial charge in [0.05, 0.1) is 19.2 Å². The van der Waals surface area contributed by atoms with Crippen LogP contribution >= 0.6 is 0 Å². The molecule has 0 aromatic carbocycles. The highest BCUT2D eigenvalue weighted by Gasteiger charge is 2.46. The molecule has 2 saturated heterocycles. The van der Waals surface area contributed by atoms with Crippen molar-refractivity contribution in [3.63, 3.8) is 0 Å². The Morgan fingerprint density at radius 2 is 1.01 bits per heavy atom. The topological polar surface area (TPSA) is 326 Å². The normalized spacial score (nSPS) is 26.5. The Morgan fingerprint density at radius 3 is 1.49 bits per heavy atom. The van der Waals surface area contributed by atoms with E-state index in [0.29, 0.717) is 19.4 Å². The maximum Gasteiger partial charge on any atom is 0.325 e. The van der Waals surface area contributed by atoms with Gasteiger partial charge in [-0.25, -0.2) is 0 Å². The lowest BCUT2D eigenvalue weighted by atomic mass is 9.83. The maximum atomic E-state index is 15.7. The third-order valence-electron chi connectivity index (χ3n) is 18.5. The molecule has 0 aliphatic carbocycles. The van der Waals surface area contributed by atoms with E-state index in [9.17, 15) is 43.2 Å². The lowest BCUT2D eigenvalue weighted by Crippen LogP contribution is -2.63. The van der Waals surface area contributed by atoms with Gasteiger partial charge in [-0.2, -0.15) is 0 Å². The van der Waals surface area contributed by atoms with Crippen molar-refractivity contribution in [1.29, 1.82) is 0 Å². The largest absolute Gasteiger partial charge is 0.464 e. The van der Waals surface area contributed by atoms with E-state index in [0.717, 1.165) is 11.3 Å². The van der Waals surface area contributed by atoms with Gasteiger partial charge >= 0.3 is 5.97 Å². The smallest absolute Gasteiger partial charge is 0.325 e. The van der Waals surface area contributed by atoms with Crippen LogP contribution in [-0.2, 0) is 67.1 Å². The zero-order chi connectivity index (χ0) is 74.4. The van der Waals surface area contributed by atoms with Crippen LogP contribution in [-0.4, -0.2) is 253 Å². The predicted octanol–water partition coefficient (Wildman–Crippen LogP) is 2.94. The number of hydrogen-bond acceptors (Lipinski definition) is 15. The van der Waals surface area contributed by atoms with Crippen molar-refractivity contribution in [2.45, 2.75) is 236 Å². The molecular weight excluding hydrogens is 1250 g/mol. The fourth-order valence-corrected chi connectivity index (χ4v) is 12.5. The number of amides is 12. The standard InChI is InChI=1S/C70H123N13O14/c1-25-27-29-45(15)48(38-97-56(85)36-72-61(87)50-30-28-31-71-50)59-64(90)75-49(26-2)66(92)77(18)37-55(84)78(19)51(32-39(3)4)63(89)76-57(43(11)12)69(95)79(20)52(33-40(5)6)62(88)73-46(16)60(86)74-47(17)65(91)80(21)53(34-41(7)8)67(93)81(22)54(35-42(9)10)68(94)82(23)58(44(13)14)70(96)83(59)24/h25,27,39-54,57-59,71H,26,28-38H2,1-24H3,(H,72,87)(H,73,88)(H,74,86)(H,75,90)(H,76,89)/b27-25+/t45-,46+,47-,48-,49+,50?,51+,52+,53+,54+,57+,58+,59+/m1/s1. The number of allylic oxidation sites excluding steroid dienone is 2. The van der Waals surface area contributed by atoms with E-state index in [1.807, 2.05) is 68.4 Å². The molecule has 27 nitrogen and oxygen atoms in total. The van der Waals surface area contributed by atoms with Crippen LogP contribution in [0.25, 0.3) is 0 Å². The van der Waals surface area contributed by atoms with Gasteiger partial charge < -0.3 is 70.9 Å². The second kappa shape index (κ2) is 40.0. The molecule has 0 bridgehead atoms. The van der Waals surface area contributed by atoms with Gasteiger partial charge in [0.1, 0.15) is 67.0 Å². The van der Waals surface area contributed by atoms with Gasteiger partial charge in [-0.1, -0.05) is 109 Å². The summed E-state index contributed by atoms with van der Waals surface area (Å²) in [5.41, 5.74) is 0. The third kappa shape index (κ3) is 24.9. The summed E-state index contributed by atoms with van der Waals surface area (Å²) in [6, 6.07) is -13.1. The molecule has 27 heteroatoms. The number of rotatable bonds is 20.